The molecule has 0 saturated heterocycles. The standard InChI is InChI=1S/C22H41F3O2Si/c1-2-19-22(26)27-20-17-15-13-11-9-7-5-3-4-6-8-10-12-14-16-18-21-28(23,24)25/h2,19H,3-18,20-21H2,1H3. The third-order valence-corrected chi connectivity index (χ3v) is 5.82. The van der Waals surface area contributed by atoms with E-state index >= 15 is 0 Å². The summed E-state index contributed by atoms with van der Waals surface area (Å²) in [6, 6.07) is -0.487. The predicted octanol–water partition coefficient (Wildman–Crippen LogP) is 8.19. The van der Waals surface area contributed by atoms with Gasteiger partial charge in [-0.15, -0.1) is 0 Å². The zero-order valence-electron chi connectivity index (χ0n) is 17.8. The van der Waals surface area contributed by atoms with E-state index in [1.54, 1.807) is 13.0 Å². The van der Waals surface area contributed by atoms with Gasteiger partial charge in [0.05, 0.1) is 6.61 Å². The number of carbonyl (C=O) groups is 1. The molecule has 0 saturated carbocycles. The maximum absolute atomic E-state index is 12.1. The molecule has 0 aliphatic rings. The van der Waals surface area contributed by atoms with Crippen LogP contribution in [0, 0.1) is 0 Å². The lowest BCUT2D eigenvalue weighted by Gasteiger charge is -2.04. The second kappa shape index (κ2) is 19.5. The molecule has 0 aromatic heterocycles. The molecule has 0 spiro atoms. The molecule has 0 atom stereocenters. The lowest BCUT2D eigenvalue weighted by molar-refractivity contribution is -0.137. The molecule has 2 nitrogen and oxygen atoms in total. The first-order chi connectivity index (χ1) is 13.5. The maximum atomic E-state index is 12.1. The Kier molecular flexibility index (Phi) is 19.0. The van der Waals surface area contributed by atoms with E-state index in [-0.39, 0.29) is 5.97 Å². The molecule has 0 rings (SSSR count). The lowest BCUT2D eigenvalue weighted by atomic mass is 10.0. The van der Waals surface area contributed by atoms with Crippen LogP contribution in [0.3, 0.4) is 0 Å². The molecule has 0 heterocycles. The van der Waals surface area contributed by atoms with Gasteiger partial charge < -0.3 is 4.74 Å². The largest absolute Gasteiger partial charge is 0.616 e. The number of carbonyl (C=O) groups excluding carboxylic acids is 1. The molecule has 0 aromatic rings. The van der Waals surface area contributed by atoms with Crippen LogP contribution in [0.25, 0.3) is 0 Å². The van der Waals surface area contributed by atoms with Crippen molar-refractivity contribution in [2.24, 2.45) is 0 Å². The molecule has 166 valence electrons. The van der Waals surface area contributed by atoms with Gasteiger partial charge in [-0.25, -0.2) is 17.1 Å². The van der Waals surface area contributed by atoms with Gasteiger partial charge in [-0.3, -0.25) is 0 Å². The summed E-state index contributed by atoms with van der Waals surface area (Å²) in [5.74, 6) is -0.246. The summed E-state index contributed by atoms with van der Waals surface area (Å²) in [7, 11) is -5.29. The minimum Gasteiger partial charge on any atom is -0.463 e. The average molecular weight is 423 g/mol. The van der Waals surface area contributed by atoms with E-state index in [0.717, 1.165) is 32.1 Å². The predicted molar refractivity (Wildman–Crippen MR) is 114 cm³/mol. The van der Waals surface area contributed by atoms with Crippen molar-refractivity contribution < 1.29 is 21.9 Å². The van der Waals surface area contributed by atoms with E-state index in [1.165, 1.54) is 70.3 Å². The quantitative estimate of drug-likeness (QED) is 0.0650. The molecule has 28 heavy (non-hydrogen) atoms. The number of hydrogen-bond donors (Lipinski definition) is 0. The van der Waals surface area contributed by atoms with Crippen molar-refractivity contribution in [1.29, 1.82) is 0 Å². The number of hydrogen-bond acceptors (Lipinski definition) is 2. The number of ether oxygens (including phenoxy) is 1. The average Bonchev–Trinajstić information content (AvgIpc) is 2.63. The number of rotatable bonds is 20. The van der Waals surface area contributed by atoms with Crippen LogP contribution in [0.1, 0.15) is 110 Å². The topological polar surface area (TPSA) is 26.3 Å². The Balaban J connectivity index is 3.09. The van der Waals surface area contributed by atoms with Crippen LogP contribution in [-0.2, 0) is 9.53 Å². The monoisotopic (exact) mass is 422 g/mol. The van der Waals surface area contributed by atoms with Gasteiger partial charge in [0, 0.05) is 12.1 Å². The van der Waals surface area contributed by atoms with E-state index in [2.05, 4.69) is 0 Å². The minimum atomic E-state index is -5.29. The van der Waals surface area contributed by atoms with Gasteiger partial charge in [-0.2, -0.15) is 0 Å². The Morgan fingerprint density at radius 3 is 1.39 bits per heavy atom. The summed E-state index contributed by atoms with van der Waals surface area (Å²) in [6.45, 7) is 2.33. The molecule has 0 aliphatic carbocycles. The number of halogens is 3. The van der Waals surface area contributed by atoms with Crippen molar-refractivity contribution in [3.63, 3.8) is 0 Å². The highest BCUT2D eigenvalue weighted by atomic mass is 28.5. The van der Waals surface area contributed by atoms with Crippen LogP contribution in [0.15, 0.2) is 12.2 Å². The summed E-state index contributed by atoms with van der Waals surface area (Å²) >= 11 is 0. The van der Waals surface area contributed by atoms with Crippen molar-refractivity contribution >= 4 is 15.0 Å². The molecule has 0 amide bonds. The summed E-state index contributed by atoms with van der Waals surface area (Å²) in [4.78, 5) is 11.1. The maximum Gasteiger partial charge on any atom is 0.616 e. The third-order valence-electron chi connectivity index (χ3n) is 4.90. The van der Waals surface area contributed by atoms with Gasteiger partial charge in [-0.1, -0.05) is 96.0 Å². The van der Waals surface area contributed by atoms with E-state index in [9.17, 15) is 17.1 Å². The molecule has 0 aromatic carbocycles. The second-order valence-corrected chi connectivity index (χ2v) is 9.42. The van der Waals surface area contributed by atoms with Crippen LogP contribution in [0.4, 0.5) is 12.3 Å². The first-order valence-electron chi connectivity index (χ1n) is 11.3. The summed E-state index contributed by atoms with van der Waals surface area (Å²) < 4.78 is 41.5. The number of esters is 1. The zero-order chi connectivity index (χ0) is 20.9. The Hall–Kier alpha value is -0.783. The zero-order valence-corrected chi connectivity index (χ0v) is 18.8. The van der Waals surface area contributed by atoms with Gasteiger partial charge >= 0.3 is 15.0 Å². The highest BCUT2D eigenvalue weighted by Crippen LogP contribution is 2.20. The Bertz CT molecular complexity index is 384. The van der Waals surface area contributed by atoms with E-state index in [0.29, 0.717) is 13.0 Å². The fourth-order valence-corrected chi connectivity index (χ4v) is 3.91. The van der Waals surface area contributed by atoms with Crippen molar-refractivity contribution in [1.82, 2.24) is 0 Å². The molecule has 0 radical (unpaired) electrons. The fourth-order valence-electron chi connectivity index (χ4n) is 3.26. The summed E-state index contributed by atoms with van der Waals surface area (Å²) in [6.07, 6.45) is 21.0. The van der Waals surface area contributed by atoms with Crippen LogP contribution in [-0.4, -0.2) is 21.7 Å². The van der Waals surface area contributed by atoms with E-state index < -0.39 is 15.1 Å². The first-order valence-corrected chi connectivity index (χ1v) is 13.2. The van der Waals surface area contributed by atoms with Crippen molar-refractivity contribution in [2.75, 3.05) is 6.61 Å². The van der Waals surface area contributed by atoms with Crippen molar-refractivity contribution in [3.05, 3.63) is 12.2 Å². The van der Waals surface area contributed by atoms with Crippen LogP contribution in [0.2, 0.25) is 6.04 Å². The van der Waals surface area contributed by atoms with Gasteiger partial charge in [0.15, 0.2) is 0 Å². The molecule has 6 heteroatoms. The Morgan fingerprint density at radius 2 is 1.04 bits per heavy atom. The van der Waals surface area contributed by atoms with Gasteiger partial charge in [-0.05, 0) is 19.8 Å². The van der Waals surface area contributed by atoms with E-state index in [1.807, 2.05) is 0 Å². The Labute approximate surface area is 171 Å². The molecule has 0 unspecified atom stereocenters. The highest BCUT2D eigenvalue weighted by Gasteiger charge is 2.35. The fraction of sp³-hybridized carbons (Fsp3) is 0.864. The van der Waals surface area contributed by atoms with Gasteiger partial charge in [0.25, 0.3) is 0 Å². The van der Waals surface area contributed by atoms with Crippen molar-refractivity contribution in [2.45, 2.75) is 116 Å². The molecule has 0 N–H and O–H groups in total. The molecular weight excluding hydrogens is 381 g/mol. The highest BCUT2D eigenvalue weighted by molar-refractivity contribution is 6.58. The van der Waals surface area contributed by atoms with Crippen LogP contribution < -0.4 is 0 Å². The van der Waals surface area contributed by atoms with Crippen LogP contribution in [0.5, 0.6) is 0 Å². The third kappa shape index (κ3) is 23.3. The van der Waals surface area contributed by atoms with Gasteiger partial charge in [0.1, 0.15) is 0 Å². The first kappa shape index (κ1) is 27.2. The van der Waals surface area contributed by atoms with Gasteiger partial charge in [0.2, 0.25) is 0 Å². The van der Waals surface area contributed by atoms with Crippen molar-refractivity contribution in [3.8, 4) is 0 Å². The lowest BCUT2D eigenvalue weighted by Crippen LogP contribution is -2.13. The second-order valence-electron chi connectivity index (χ2n) is 7.69. The molecule has 0 bridgehead atoms. The number of unbranched alkanes of at least 4 members (excludes halogenated alkanes) is 15. The summed E-state index contributed by atoms with van der Waals surface area (Å²) in [5, 5.41) is 0. The molecule has 0 fully saturated rings. The molecular formula is C22H41F3O2Si. The number of allylic oxidation sites excluding steroid dienone is 1. The van der Waals surface area contributed by atoms with E-state index in [4.69, 9.17) is 4.74 Å². The smallest absolute Gasteiger partial charge is 0.463 e. The van der Waals surface area contributed by atoms with Crippen LogP contribution >= 0.6 is 0 Å². The molecule has 0 aliphatic heterocycles. The Morgan fingerprint density at radius 1 is 0.679 bits per heavy atom. The summed E-state index contributed by atoms with van der Waals surface area (Å²) in [5.41, 5.74) is 0. The minimum absolute atomic E-state index is 0.246. The normalized spacial score (nSPS) is 12.0. The SMILES string of the molecule is CC=CC(=O)OCCCCCCCCCCCCCCCCCC[Si](F)(F)F.